The van der Waals surface area contributed by atoms with Crippen molar-refractivity contribution >= 4 is 52.9 Å². The third-order valence-corrected chi connectivity index (χ3v) is 17.4. The highest BCUT2D eigenvalue weighted by molar-refractivity contribution is 8.00. The summed E-state index contributed by atoms with van der Waals surface area (Å²) in [6.07, 6.45) is 1.85. The van der Waals surface area contributed by atoms with E-state index in [0.717, 1.165) is 37.0 Å². The summed E-state index contributed by atoms with van der Waals surface area (Å²) in [6.45, 7) is 7.16. The molecule has 0 bridgehead atoms. The quantitative estimate of drug-likeness (QED) is 0.0753. The van der Waals surface area contributed by atoms with Crippen LogP contribution in [0, 0.1) is 23.7 Å². The number of aliphatic imine (C=N–C) groups is 1. The number of amides is 6. The fourth-order valence-corrected chi connectivity index (χ4v) is 12.5. The number of thioether (sulfide) groups is 1. The van der Waals surface area contributed by atoms with Crippen molar-refractivity contribution in [3.05, 3.63) is 71.9 Å². The van der Waals surface area contributed by atoms with Crippen LogP contribution < -0.4 is 27.0 Å². The smallest absolute Gasteiger partial charge is 0.271 e. The van der Waals surface area contributed by atoms with Crippen LogP contribution in [0.25, 0.3) is 0 Å². The van der Waals surface area contributed by atoms with Crippen molar-refractivity contribution in [2.24, 2.45) is 34.4 Å². The number of allylic oxidation sites excluding steroid dienone is 1. The first-order valence-electron chi connectivity index (χ1n) is 28.6. The Labute approximate surface area is 473 Å². The number of carbonyl (C=O) groups excluding carboxylic acids is 6. The maximum atomic E-state index is 15.1. The van der Waals surface area contributed by atoms with Gasteiger partial charge in [0, 0.05) is 42.9 Å². The molecule has 0 radical (unpaired) electrons. The predicted molar refractivity (Wildman–Crippen MR) is 301 cm³/mol. The highest BCUT2D eigenvalue weighted by atomic mass is 32.2. The van der Waals surface area contributed by atoms with E-state index in [1.54, 1.807) is 0 Å². The number of hydrogen-bond donors (Lipinski definition) is 12. The Morgan fingerprint density at radius 1 is 0.850 bits per heavy atom. The molecule has 0 spiro atoms. The van der Waals surface area contributed by atoms with Gasteiger partial charge in [-0.15, -0.1) is 0 Å². The van der Waals surface area contributed by atoms with E-state index in [-0.39, 0.29) is 49.1 Å². The summed E-state index contributed by atoms with van der Waals surface area (Å²) in [4.78, 5) is 94.0. The molecule has 2 aromatic carbocycles. The Morgan fingerprint density at radius 3 is 2.20 bits per heavy atom. The SMILES string of the molecule is CC[C@H](C)C[C@H](C)CCCCCCCCC(=O)N[C@H]1C[C@@H](O)[C@@H](Sc2ccccc2)NC2=CC(C)[C@H]3CCN(C(=O)[C@H]([C@H](O)CCN)NC(=O)[C@H]([C@H](O)[C@@H](O)c4ccc(O)cc4)NC(=O)[C@@H]4C[C@@H](O)CN4C(=O)/C(CO)=N/C1=O)[C@H]23. The molecule has 22 heteroatoms. The minimum Gasteiger partial charge on any atom is -0.508 e. The van der Waals surface area contributed by atoms with Crippen LogP contribution in [-0.2, 0) is 28.8 Å². The van der Waals surface area contributed by atoms with E-state index in [0.29, 0.717) is 35.3 Å². The average Bonchev–Trinajstić information content (AvgIpc) is 4.33. The zero-order chi connectivity index (χ0) is 58.2. The van der Waals surface area contributed by atoms with Gasteiger partial charge < -0.3 is 72.5 Å². The molecule has 3 heterocycles. The second kappa shape index (κ2) is 30.6. The predicted octanol–water partition coefficient (Wildman–Crippen LogP) is 2.29. The van der Waals surface area contributed by atoms with Crippen LogP contribution in [0.3, 0.4) is 0 Å². The molecular formula is C58H86N8O13S. The van der Waals surface area contributed by atoms with E-state index in [1.165, 1.54) is 60.2 Å². The van der Waals surface area contributed by atoms with E-state index in [4.69, 9.17) is 5.73 Å². The second-order valence-electron chi connectivity index (χ2n) is 22.4. The van der Waals surface area contributed by atoms with Crippen molar-refractivity contribution in [2.75, 3.05) is 26.2 Å². The molecule has 2 aromatic rings. The van der Waals surface area contributed by atoms with E-state index < -0.39 is 133 Å². The number of carbonyl (C=O) groups is 6. The average molecular weight is 1140 g/mol. The Kier molecular flexibility index (Phi) is 24.3. The number of phenolic OH excluding ortho intramolecular Hbond substituents is 1. The second-order valence-corrected chi connectivity index (χ2v) is 23.6. The number of rotatable bonds is 22. The number of aromatic hydroxyl groups is 1. The maximum absolute atomic E-state index is 15.1. The number of hydrogen-bond acceptors (Lipinski definition) is 16. The molecule has 6 rings (SSSR count). The monoisotopic (exact) mass is 1130 g/mol. The van der Waals surface area contributed by atoms with Gasteiger partial charge in [-0.05, 0) is 85.7 Å². The lowest BCUT2D eigenvalue weighted by molar-refractivity contribution is -0.144. The van der Waals surface area contributed by atoms with Crippen molar-refractivity contribution in [3.63, 3.8) is 0 Å². The van der Waals surface area contributed by atoms with Gasteiger partial charge in [-0.2, -0.15) is 0 Å². The van der Waals surface area contributed by atoms with Gasteiger partial charge in [0.2, 0.25) is 23.6 Å². The topological polar surface area (TPSA) is 337 Å². The van der Waals surface area contributed by atoms with Gasteiger partial charge in [0.15, 0.2) is 0 Å². The molecule has 80 heavy (non-hydrogen) atoms. The van der Waals surface area contributed by atoms with Crippen molar-refractivity contribution in [1.29, 1.82) is 0 Å². The number of benzene rings is 2. The zero-order valence-electron chi connectivity index (χ0n) is 46.6. The Morgan fingerprint density at radius 2 is 1.52 bits per heavy atom. The number of nitrogens with two attached hydrogens (primary N) is 1. The lowest BCUT2D eigenvalue weighted by atomic mass is 9.91. The highest BCUT2D eigenvalue weighted by Crippen LogP contribution is 2.42. The van der Waals surface area contributed by atoms with E-state index >= 15 is 4.79 Å². The van der Waals surface area contributed by atoms with Gasteiger partial charge in [-0.3, -0.25) is 28.8 Å². The minimum absolute atomic E-state index is 0.00396. The van der Waals surface area contributed by atoms with Crippen LogP contribution in [-0.4, -0.2) is 173 Å². The van der Waals surface area contributed by atoms with Crippen LogP contribution in [0.5, 0.6) is 5.75 Å². The molecule has 4 aliphatic rings. The highest BCUT2D eigenvalue weighted by Gasteiger charge is 2.50. The molecule has 3 aliphatic heterocycles. The minimum atomic E-state index is -2.19. The molecule has 1 aliphatic carbocycles. The maximum Gasteiger partial charge on any atom is 0.271 e. The largest absolute Gasteiger partial charge is 0.508 e. The van der Waals surface area contributed by atoms with Crippen LogP contribution in [0.4, 0.5) is 0 Å². The summed E-state index contributed by atoms with van der Waals surface area (Å²) in [6, 6.07) is 6.30. The van der Waals surface area contributed by atoms with Crippen LogP contribution >= 0.6 is 11.8 Å². The number of aliphatic hydroxyl groups is 6. The van der Waals surface area contributed by atoms with Gasteiger partial charge in [-0.25, -0.2) is 4.99 Å². The molecular weight excluding hydrogens is 1050 g/mol. The standard InChI is InChI=1S/C58H86N8O13S/c1-5-33(2)27-34(3)15-11-8-6-7-9-14-18-47(72)60-42-30-46(71)56(80-39-16-12-10-13-17-39)62-41-28-35(4)40-24-26-65(50(40)41)58(79)48(45(70)23-25-59)63-55(77)49(52(74)51(73)36-19-21-37(68)22-20-36)64-54(76)44-29-38(69)31-66(44)57(78)43(32-67)61-53(42)75/h10,12-13,16-17,19-22,28,33-35,38,40,42,44-46,48-52,56,62,67-71,73-74H,5-9,11,14-15,18,23-27,29-32,59H2,1-4H3,(H,60,72)(H,63,77)(H,64,76)/b61-43+/t33-,34+,35?,38+,40+,42-,44-,45+,46+,48-,49-,50-,51-,52-,56+/m0/s1. The molecule has 6 amide bonds. The summed E-state index contributed by atoms with van der Waals surface area (Å²) in [5.74, 6) is -5.01. The summed E-state index contributed by atoms with van der Waals surface area (Å²) in [5, 5.41) is 89.0. The number of phenols is 1. The van der Waals surface area contributed by atoms with Crippen LogP contribution in [0.1, 0.15) is 129 Å². The van der Waals surface area contributed by atoms with E-state index in [2.05, 4.69) is 47.0 Å². The van der Waals surface area contributed by atoms with Gasteiger partial charge in [-0.1, -0.05) is 121 Å². The molecule has 442 valence electrons. The van der Waals surface area contributed by atoms with Gasteiger partial charge >= 0.3 is 0 Å². The summed E-state index contributed by atoms with van der Waals surface area (Å²) in [5.41, 5.74) is 5.64. The van der Waals surface area contributed by atoms with Crippen LogP contribution in [0.2, 0.25) is 0 Å². The number of nitrogens with zero attached hydrogens (tertiary/aromatic N) is 3. The van der Waals surface area contributed by atoms with Gasteiger partial charge in [0.1, 0.15) is 53.2 Å². The van der Waals surface area contributed by atoms with Gasteiger partial charge in [0.25, 0.3) is 11.8 Å². The molecule has 13 N–H and O–H groups in total. The number of unbranched alkanes of at least 4 members (excludes halogenated alkanes) is 5. The zero-order valence-corrected chi connectivity index (χ0v) is 47.4. The summed E-state index contributed by atoms with van der Waals surface area (Å²) in [7, 11) is 0. The third-order valence-electron chi connectivity index (χ3n) is 16.2. The third kappa shape index (κ3) is 17.1. The molecule has 21 nitrogen and oxygen atoms in total. The first-order chi connectivity index (χ1) is 38.2. The number of aliphatic hydroxyl groups excluding tert-OH is 6. The molecule has 2 fully saturated rings. The Balaban J connectivity index is 1.36. The summed E-state index contributed by atoms with van der Waals surface area (Å²) < 4.78 is 0. The lowest BCUT2D eigenvalue weighted by Gasteiger charge is -2.36. The molecule has 15 atom stereocenters. The fourth-order valence-electron chi connectivity index (χ4n) is 11.5. The molecule has 2 saturated heterocycles. The molecule has 0 aromatic heterocycles. The Bertz CT molecular complexity index is 2450. The van der Waals surface area contributed by atoms with Crippen molar-refractivity contribution in [1.82, 2.24) is 31.1 Å². The normalized spacial score (nSPS) is 28.7. The van der Waals surface area contributed by atoms with E-state index in [1.807, 2.05) is 43.3 Å². The number of nitrogens with one attached hydrogen (secondary N) is 4. The van der Waals surface area contributed by atoms with Crippen molar-refractivity contribution in [2.45, 2.75) is 189 Å². The van der Waals surface area contributed by atoms with Gasteiger partial charge in [0.05, 0.1) is 31.0 Å². The first-order valence-corrected chi connectivity index (χ1v) is 29.5. The Hall–Kier alpha value is -5.46. The molecule has 0 saturated carbocycles. The van der Waals surface area contributed by atoms with E-state index in [9.17, 15) is 59.7 Å². The number of fused-ring (bicyclic) bond motifs is 1. The fraction of sp³-hybridized carbons (Fsp3) is 0.638. The summed E-state index contributed by atoms with van der Waals surface area (Å²) >= 11 is 1.22. The molecule has 1 unspecified atom stereocenters. The van der Waals surface area contributed by atoms with Crippen LogP contribution in [0.15, 0.2) is 76.3 Å². The lowest BCUT2D eigenvalue weighted by Crippen LogP contribution is -2.63. The van der Waals surface area contributed by atoms with Crippen molar-refractivity contribution < 1.29 is 64.5 Å². The first kappa shape index (κ1) is 63.7. The van der Waals surface area contributed by atoms with Crippen molar-refractivity contribution in [3.8, 4) is 5.75 Å².